The minimum absolute atomic E-state index is 0.228. The largest absolute Gasteiger partial charge is 0.342 e. The molecule has 2 bridgehead atoms. The van der Waals surface area contributed by atoms with Gasteiger partial charge in [0.15, 0.2) is 0 Å². The Labute approximate surface area is 79.6 Å². The Morgan fingerprint density at radius 1 is 1.46 bits per heavy atom. The van der Waals surface area contributed by atoms with E-state index in [0.717, 1.165) is 19.5 Å². The SMILES string of the molecule is C=C1CC2CCC1CN(C(C)=O)C2. The third-order valence-corrected chi connectivity index (χ3v) is 3.42. The van der Waals surface area contributed by atoms with Crippen molar-refractivity contribution in [3.63, 3.8) is 0 Å². The Balaban J connectivity index is 2.15. The normalized spacial score (nSPS) is 33.3. The van der Waals surface area contributed by atoms with Gasteiger partial charge in [-0.15, -0.1) is 0 Å². The molecule has 2 saturated heterocycles. The first kappa shape index (κ1) is 8.79. The first-order valence-electron chi connectivity index (χ1n) is 5.10. The van der Waals surface area contributed by atoms with Crippen LogP contribution in [-0.2, 0) is 4.79 Å². The Morgan fingerprint density at radius 3 is 2.85 bits per heavy atom. The van der Waals surface area contributed by atoms with Crippen LogP contribution in [0.1, 0.15) is 26.2 Å². The minimum Gasteiger partial charge on any atom is -0.342 e. The van der Waals surface area contributed by atoms with Crippen LogP contribution in [0.5, 0.6) is 0 Å². The number of rotatable bonds is 0. The fourth-order valence-electron chi connectivity index (χ4n) is 2.57. The van der Waals surface area contributed by atoms with E-state index in [1.807, 2.05) is 4.90 Å². The lowest BCUT2D eigenvalue weighted by Gasteiger charge is -2.24. The summed E-state index contributed by atoms with van der Waals surface area (Å²) >= 11 is 0. The van der Waals surface area contributed by atoms with Gasteiger partial charge in [-0.3, -0.25) is 4.79 Å². The average Bonchev–Trinajstić information content (AvgIpc) is 2.34. The first-order chi connectivity index (χ1) is 6.16. The molecule has 2 unspecified atom stereocenters. The lowest BCUT2D eigenvalue weighted by Crippen LogP contribution is -2.32. The van der Waals surface area contributed by atoms with Crippen molar-refractivity contribution in [1.82, 2.24) is 4.90 Å². The van der Waals surface area contributed by atoms with Gasteiger partial charge in [0, 0.05) is 20.0 Å². The van der Waals surface area contributed by atoms with Crippen molar-refractivity contribution in [3.05, 3.63) is 12.2 Å². The highest BCUT2D eigenvalue weighted by molar-refractivity contribution is 5.73. The third-order valence-electron chi connectivity index (χ3n) is 3.42. The molecule has 0 aromatic rings. The second-order valence-corrected chi connectivity index (χ2v) is 4.43. The van der Waals surface area contributed by atoms with E-state index in [9.17, 15) is 4.79 Å². The van der Waals surface area contributed by atoms with Crippen molar-refractivity contribution < 1.29 is 4.79 Å². The maximum atomic E-state index is 11.3. The van der Waals surface area contributed by atoms with E-state index in [0.29, 0.717) is 11.8 Å². The molecule has 13 heavy (non-hydrogen) atoms. The molecule has 1 aliphatic carbocycles. The molecule has 2 nitrogen and oxygen atoms in total. The van der Waals surface area contributed by atoms with Crippen molar-refractivity contribution in [2.45, 2.75) is 26.2 Å². The van der Waals surface area contributed by atoms with Gasteiger partial charge in [-0.2, -0.15) is 0 Å². The van der Waals surface area contributed by atoms with Crippen LogP contribution >= 0.6 is 0 Å². The molecule has 3 aliphatic rings. The first-order valence-corrected chi connectivity index (χ1v) is 5.10. The third kappa shape index (κ3) is 1.62. The van der Waals surface area contributed by atoms with Crippen LogP contribution in [0.25, 0.3) is 0 Å². The van der Waals surface area contributed by atoms with Crippen LogP contribution < -0.4 is 0 Å². The van der Waals surface area contributed by atoms with Gasteiger partial charge in [-0.25, -0.2) is 0 Å². The smallest absolute Gasteiger partial charge is 0.219 e. The Morgan fingerprint density at radius 2 is 2.23 bits per heavy atom. The highest BCUT2D eigenvalue weighted by atomic mass is 16.2. The summed E-state index contributed by atoms with van der Waals surface area (Å²) in [7, 11) is 0. The van der Waals surface area contributed by atoms with Crippen molar-refractivity contribution in [1.29, 1.82) is 0 Å². The van der Waals surface area contributed by atoms with Crippen LogP contribution in [0.15, 0.2) is 12.2 Å². The lowest BCUT2D eigenvalue weighted by atomic mass is 9.81. The summed E-state index contributed by atoms with van der Waals surface area (Å²) in [5.41, 5.74) is 1.38. The number of carbonyl (C=O) groups excluding carboxylic acids is 1. The number of nitrogens with zero attached hydrogens (tertiary/aromatic N) is 1. The Kier molecular flexibility index (Phi) is 2.14. The van der Waals surface area contributed by atoms with Crippen LogP contribution in [0, 0.1) is 11.8 Å². The molecule has 0 N–H and O–H groups in total. The second-order valence-electron chi connectivity index (χ2n) is 4.43. The highest BCUT2D eigenvalue weighted by Crippen LogP contribution is 2.36. The number of fused-ring (bicyclic) bond motifs is 4. The molecule has 72 valence electrons. The molecule has 2 aliphatic heterocycles. The summed E-state index contributed by atoms with van der Waals surface area (Å²) in [4.78, 5) is 13.3. The highest BCUT2D eigenvalue weighted by Gasteiger charge is 2.32. The quantitative estimate of drug-likeness (QED) is 0.519. The number of carbonyl (C=O) groups is 1. The zero-order valence-corrected chi connectivity index (χ0v) is 8.25. The van der Waals surface area contributed by atoms with Crippen LogP contribution in [-0.4, -0.2) is 23.9 Å². The summed E-state index contributed by atoms with van der Waals surface area (Å²) < 4.78 is 0. The maximum absolute atomic E-state index is 11.3. The van der Waals surface area contributed by atoms with Gasteiger partial charge in [0.25, 0.3) is 0 Å². The molecule has 1 saturated carbocycles. The fraction of sp³-hybridized carbons (Fsp3) is 0.727. The lowest BCUT2D eigenvalue weighted by molar-refractivity contribution is -0.129. The van der Waals surface area contributed by atoms with Gasteiger partial charge in [0.1, 0.15) is 0 Å². The molecule has 2 heteroatoms. The molecule has 0 aromatic heterocycles. The summed E-state index contributed by atoms with van der Waals surface area (Å²) in [6, 6.07) is 0. The number of hydrogen-bond donors (Lipinski definition) is 0. The number of hydrogen-bond acceptors (Lipinski definition) is 1. The van der Waals surface area contributed by atoms with E-state index in [2.05, 4.69) is 6.58 Å². The molecular weight excluding hydrogens is 162 g/mol. The molecule has 2 atom stereocenters. The van der Waals surface area contributed by atoms with Gasteiger partial charge >= 0.3 is 0 Å². The zero-order chi connectivity index (χ0) is 9.42. The van der Waals surface area contributed by atoms with Crippen LogP contribution in [0.2, 0.25) is 0 Å². The summed E-state index contributed by atoms with van der Waals surface area (Å²) in [5, 5.41) is 0. The predicted molar refractivity (Wildman–Crippen MR) is 52.2 cm³/mol. The minimum atomic E-state index is 0.228. The van der Waals surface area contributed by atoms with Gasteiger partial charge in [-0.05, 0) is 31.1 Å². The second kappa shape index (κ2) is 3.17. The van der Waals surface area contributed by atoms with Crippen molar-refractivity contribution >= 4 is 5.91 Å². The average molecular weight is 179 g/mol. The van der Waals surface area contributed by atoms with Gasteiger partial charge in [0.05, 0.1) is 0 Å². The Hall–Kier alpha value is -0.790. The zero-order valence-electron chi connectivity index (χ0n) is 8.25. The Bertz CT molecular complexity index is 246. The van der Waals surface area contributed by atoms with E-state index in [-0.39, 0.29) is 5.91 Å². The van der Waals surface area contributed by atoms with Crippen LogP contribution in [0.4, 0.5) is 0 Å². The van der Waals surface area contributed by atoms with E-state index in [1.165, 1.54) is 18.4 Å². The van der Waals surface area contributed by atoms with Crippen molar-refractivity contribution in [2.24, 2.45) is 11.8 Å². The molecule has 2 heterocycles. The monoisotopic (exact) mass is 179 g/mol. The standard InChI is InChI=1S/C11H17NO/c1-8-5-10-3-4-11(8)7-12(6-10)9(2)13/h10-11H,1,3-7H2,2H3. The molecule has 0 spiro atoms. The predicted octanol–water partition coefficient (Wildman–Crippen LogP) is 1.82. The molecule has 1 amide bonds. The summed E-state index contributed by atoms with van der Waals surface area (Å²) in [5.74, 6) is 1.50. The van der Waals surface area contributed by atoms with Gasteiger partial charge in [-0.1, -0.05) is 12.2 Å². The van der Waals surface area contributed by atoms with E-state index < -0.39 is 0 Å². The molecule has 3 fully saturated rings. The van der Waals surface area contributed by atoms with Crippen LogP contribution in [0.3, 0.4) is 0 Å². The molecule has 0 radical (unpaired) electrons. The van der Waals surface area contributed by atoms with Crippen molar-refractivity contribution in [2.75, 3.05) is 13.1 Å². The summed E-state index contributed by atoms with van der Waals surface area (Å²) in [6.45, 7) is 7.67. The molecular formula is C11H17NO. The van der Waals surface area contributed by atoms with Crippen molar-refractivity contribution in [3.8, 4) is 0 Å². The topological polar surface area (TPSA) is 20.3 Å². The van der Waals surface area contributed by atoms with E-state index in [1.54, 1.807) is 6.92 Å². The number of amides is 1. The molecule has 0 aromatic carbocycles. The van der Waals surface area contributed by atoms with Gasteiger partial charge in [0.2, 0.25) is 5.91 Å². The van der Waals surface area contributed by atoms with E-state index in [4.69, 9.17) is 0 Å². The molecule has 3 rings (SSSR count). The van der Waals surface area contributed by atoms with Gasteiger partial charge < -0.3 is 4.90 Å². The maximum Gasteiger partial charge on any atom is 0.219 e. The fourth-order valence-corrected chi connectivity index (χ4v) is 2.57. The van der Waals surface area contributed by atoms with E-state index >= 15 is 0 Å². The summed E-state index contributed by atoms with van der Waals surface area (Å²) in [6.07, 6.45) is 3.68.